The number of carboxylic acid groups (broad SMARTS) is 1. The van der Waals surface area contributed by atoms with Crippen LogP contribution in [0.4, 0.5) is 5.95 Å². The lowest BCUT2D eigenvalue weighted by Crippen LogP contribution is -2.15. The average molecular weight is 219 g/mol. The van der Waals surface area contributed by atoms with Crippen molar-refractivity contribution in [1.29, 1.82) is 0 Å². The molecule has 2 N–H and O–H groups in total. The highest BCUT2D eigenvalue weighted by Crippen LogP contribution is 2.02. The Morgan fingerprint density at radius 2 is 2.29 bits per heavy atom. The van der Waals surface area contributed by atoms with E-state index in [0.29, 0.717) is 0 Å². The van der Waals surface area contributed by atoms with E-state index in [1.54, 1.807) is 0 Å². The highest BCUT2D eigenvalue weighted by Gasteiger charge is 2.14. The number of hydrogen-bond donors (Lipinski definition) is 2. The number of nitrogens with one attached hydrogen (secondary N) is 1. The molecule has 0 spiro atoms. The van der Waals surface area contributed by atoms with Gasteiger partial charge in [-0.2, -0.15) is 4.98 Å². The third-order valence-electron chi connectivity index (χ3n) is 1.33. The normalized spacial score (nSPS) is 9.86. The summed E-state index contributed by atoms with van der Waals surface area (Å²) in [4.78, 5) is 24.8. The molecule has 1 heterocycles. The van der Waals surface area contributed by atoms with Crippen LogP contribution in [0.15, 0.2) is 0 Å². The maximum absolute atomic E-state index is 10.8. The van der Waals surface area contributed by atoms with Crippen molar-refractivity contribution in [3.8, 4) is 0 Å². The fourth-order valence-electron chi connectivity index (χ4n) is 0.742. The molecule has 1 aromatic heterocycles. The Balaban J connectivity index is 2.88. The molecular weight excluding hydrogens is 212 g/mol. The minimum Gasteiger partial charge on any atom is -0.475 e. The van der Waals surface area contributed by atoms with Crippen molar-refractivity contribution in [3.05, 3.63) is 5.82 Å². The van der Waals surface area contributed by atoms with E-state index in [9.17, 15) is 9.59 Å². The number of rotatable bonds is 3. The second-order valence-electron chi connectivity index (χ2n) is 2.37. The summed E-state index contributed by atoms with van der Waals surface area (Å²) < 4.78 is 1.15. The van der Waals surface area contributed by atoms with E-state index in [1.807, 2.05) is 0 Å². The lowest BCUT2D eigenvalue weighted by molar-refractivity contribution is -0.114. The number of aromatic carboxylic acids is 1. The van der Waals surface area contributed by atoms with Gasteiger partial charge in [-0.1, -0.05) is 0 Å². The molecule has 0 radical (unpaired) electrons. The quantitative estimate of drug-likeness (QED) is 0.679. The number of carbonyl (C=O) groups is 2. The predicted molar refractivity (Wildman–Crippen MR) is 47.3 cm³/mol. The van der Waals surface area contributed by atoms with Crippen molar-refractivity contribution >= 4 is 29.4 Å². The first-order chi connectivity index (χ1) is 6.54. The third kappa shape index (κ3) is 2.19. The first-order valence-electron chi connectivity index (χ1n) is 3.54. The average Bonchev–Trinajstić information content (AvgIpc) is 2.48. The summed E-state index contributed by atoms with van der Waals surface area (Å²) in [6.07, 6.45) is 0. The van der Waals surface area contributed by atoms with E-state index >= 15 is 0 Å². The molecule has 8 heteroatoms. The highest BCUT2D eigenvalue weighted by atomic mass is 35.5. The number of amides is 1. The fraction of sp³-hybridized carbons (Fsp3) is 0.333. The SMILES string of the molecule is Cn1nc(C(=O)O)nc1NC(=O)CCl. The Bertz CT molecular complexity index is 375. The molecule has 0 aliphatic carbocycles. The molecule has 14 heavy (non-hydrogen) atoms. The summed E-state index contributed by atoms with van der Waals surface area (Å²) in [5.41, 5.74) is 0. The Labute approximate surface area is 83.7 Å². The van der Waals surface area contributed by atoms with E-state index in [1.165, 1.54) is 7.05 Å². The van der Waals surface area contributed by atoms with Gasteiger partial charge in [-0.05, 0) is 0 Å². The van der Waals surface area contributed by atoms with Gasteiger partial charge in [0.15, 0.2) is 0 Å². The number of alkyl halides is 1. The Morgan fingerprint density at radius 3 is 2.71 bits per heavy atom. The van der Waals surface area contributed by atoms with Crippen LogP contribution in [-0.4, -0.2) is 37.6 Å². The van der Waals surface area contributed by atoms with Crippen LogP contribution >= 0.6 is 11.6 Å². The predicted octanol–water partition coefficient (Wildman–Crippen LogP) is -0.309. The summed E-state index contributed by atoms with van der Waals surface area (Å²) in [5.74, 6) is -2.29. The summed E-state index contributed by atoms with van der Waals surface area (Å²) in [6, 6.07) is 0. The van der Waals surface area contributed by atoms with Crippen molar-refractivity contribution < 1.29 is 14.7 Å². The van der Waals surface area contributed by atoms with E-state index in [-0.39, 0.29) is 17.7 Å². The maximum atomic E-state index is 10.8. The number of anilines is 1. The van der Waals surface area contributed by atoms with E-state index in [4.69, 9.17) is 16.7 Å². The molecule has 7 nitrogen and oxygen atoms in total. The van der Waals surface area contributed by atoms with Crippen molar-refractivity contribution in [2.24, 2.45) is 7.05 Å². The minimum absolute atomic E-state index is 0.0491. The zero-order chi connectivity index (χ0) is 10.7. The van der Waals surface area contributed by atoms with Crippen molar-refractivity contribution in [3.63, 3.8) is 0 Å². The van der Waals surface area contributed by atoms with Crippen molar-refractivity contribution in [2.75, 3.05) is 11.2 Å². The van der Waals surface area contributed by atoms with Crippen molar-refractivity contribution in [1.82, 2.24) is 14.8 Å². The molecule has 0 saturated heterocycles. The number of aromatic nitrogens is 3. The van der Waals surface area contributed by atoms with Gasteiger partial charge in [0.1, 0.15) is 5.88 Å². The Morgan fingerprint density at radius 1 is 1.64 bits per heavy atom. The van der Waals surface area contributed by atoms with Crippen LogP contribution in [0.1, 0.15) is 10.6 Å². The third-order valence-corrected chi connectivity index (χ3v) is 1.57. The number of carbonyl (C=O) groups excluding carboxylic acids is 1. The van der Waals surface area contributed by atoms with Gasteiger partial charge in [0.05, 0.1) is 0 Å². The zero-order valence-corrected chi connectivity index (χ0v) is 7.95. The molecule has 0 aromatic carbocycles. The molecule has 0 fully saturated rings. The van der Waals surface area contributed by atoms with E-state index < -0.39 is 11.9 Å². The molecule has 1 rings (SSSR count). The number of carboxylic acids is 1. The molecule has 0 aliphatic heterocycles. The smallest absolute Gasteiger partial charge is 0.375 e. The van der Waals surface area contributed by atoms with Crippen LogP contribution in [0.5, 0.6) is 0 Å². The van der Waals surface area contributed by atoms with Gasteiger partial charge in [-0.25, -0.2) is 9.48 Å². The molecule has 1 amide bonds. The first-order valence-corrected chi connectivity index (χ1v) is 4.08. The second-order valence-corrected chi connectivity index (χ2v) is 2.64. The lowest BCUT2D eigenvalue weighted by Gasteiger charge is -1.98. The topological polar surface area (TPSA) is 97.1 Å². The molecule has 0 bridgehead atoms. The molecule has 0 aliphatic rings. The minimum atomic E-state index is -1.26. The van der Waals surface area contributed by atoms with Gasteiger partial charge in [0.25, 0.3) is 5.82 Å². The summed E-state index contributed by atoms with van der Waals surface area (Å²) in [5, 5.41) is 14.4. The van der Waals surface area contributed by atoms with Gasteiger partial charge in [-0.3, -0.25) is 10.1 Å². The zero-order valence-electron chi connectivity index (χ0n) is 7.19. The number of halogens is 1. The van der Waals surface area contributed by atoms with Gasteiger partial charge >= 0.3 is 5.97 Å². The van der Waals surface area contributed by atoms with Crippen molar-refractivity contribution in [2.45, 2.75) is 0 Å². The van der Waals surface area contributed by atoms with Crippen LogP contribution in [-0.2, 0) is 11.8 Å². The van der Waals surface area contributed by atoms with Gasteiger partial charge < -0.3 is 5.11 Å². The Kier molecular flexibility index (Phi) is 3.03. The summed E-state index contributed by atoms with van der Waals surface area (Å²) >= 11 is 5.24. The molecule has 1 aromatic rings. The molecular formula is C6H7ClN4O3. The van der Waals surface area contributed by atoms with E-state index in [0.717, 1.165) is 4.68 Å². The number of hydrogen-bond acceptors (Lipinski definition) is 4. The molecule has 0 saturated carbocycles. The molecule has 0 unspecified atom stereocenters. The van der Waals surface area contributed by atoms with Gasteiger partial charge in [0, 0.05) is 7.05 Å². The molecule has 0 atom stereocenters. The van der Waals surface area contributed by atoms with Gasteiger partial charge in [0.2, 0.25) is 11.9 Å². The van der Waals surface area contributed by atoms with Crippen LogP contribution in [0, 0.1) is 0 Å². The first kappa shape index (κ1) is 10.5. The van der Waals surface area contributed by atoms with E-state index in [2.05, 4.69) is 15.4 Å². The van der Waals surface area contributed by atoms with Crippen LogP contribution < -0.4 is 5.32 Å². The van der Waals surface area contributed by atoms with Crippen LogP contribution in [0.2, 0.25) is 0 Å². The monoisotopic (exact) mass is 218 g/mol. The van der Waals surface area contributed by atoms with Crippen LogP contribution in [0.3, 0.4) is 0 Å². The number of aryl methyl sites for hydroxylation is 1. The lowest BCUT2D eigenvalue weighted by atomic mass is 10.6. The number of nitrogens with zero attached hydrogens (tertiary/aromatic N) is 3. The summed E-state index contributed by atoms with van der Waals surface area (Å²) in [7, 11) is 1.46. The van der Waals surface area contributed by atoms with Gasteiger partial charge in [-0.15, -0.1) is 16.7 Å². The maximum Gasteiger partial charge on any atom is 0.375 e. The Hall–Kier alpha value is -1.63. The molecule has 76 valence electrons. The fourth-order valence-corrected chi connectivity index (χ4v) is 0.809. The second kappa shape index (κ2) is 4.05. The largest absolute Gasteiger partial charge is 0.475 e. The highest BCUT2D eigenvalue weighted by molar-refractivity contribution is 6.28. The standard InChI is InChI=1S/C6H7ClN4O3/c1-11-6(8-3(12)2-7)9-4(10-11)5(13)14/h2H2,1H3,(H,13,14)(H,8,9,10,12). The van der Waals surface area contributed by atoms with Crippen LogP contribution in [0.25, 0.3) is 0 Å². The summed E-state index contributed by atoms with van der Waals surface area (Å²) in [6.45, 7) is 0.